The van der Waals surface area contributed by atoms with E-state index in [0.717, 1.165) is 12.2 Å². The van der Waals surface area contributed by atoms with Crippen LogP contribution >= 0.6 is 0 Å². The predicted octanol–water partition coefficient (Wildman–Crippen LogP) is 5.07. The summed E-state index contributed by atoms with van der Waals surface area (Å²) >= 11 is 0. The summed E-state index contributed by atoms with van der Waals surface area (Å²) in [4.78, 5) is 48.3. The summed E-state index contributed by atoms with van der Waals surface area (Å²) in [7, 11) is 3.40. The molecule has 1 aromatic heterocycles. The topological polar surface area (TPSA) is 141 Å². The number of cyclic esters (lactones) is 2. The normalized spacial score (nSPS) is 15.5. The minimum absolute atomic E-state index is 0.00128. The van der Waals surface area contributed by atoms with Gasteiger partial charge in [-0.15, -0.1) is 0 Å². The molecule has 230 valence electrons. The lowest BCUT2D eigenvalue weighted by molar-refractivity contribution is -0.142. The third kappa shape index (κ3) is 7.77. The number of ether oxygens (including phenoxy) is 4. The van der Waals surface area contributed by atoms with Crippen molar-refractivity contribution in [2.75, 3.05) is 37.9 Å². The molecule has 0 unspecified atom stereocenters. The molecule has 0 radical (unpaired) electrons. The quantitative estimate of drug-likeness (QED) is 0.232. The Morgan fingerprint density at radius 3 is 2.27 bits per heavy atom. The Kier molecular flexibility index (Phi) is 9.29. The second-order valence-corrected chi connectivity index (χ2v) is 9.85. The molecule has 5 rings (SSSR count). The Hall–Kier alpha value is -5.82. The van der Waals surface area contributed by atoms with Crippen molar-refractivity contribution in [3.05, 3.63) is 96.5 Å². The molecule has 1 aliphatic heterocycles. The molecule has 1 amide bonds. The van der Waals surface area contributed by atoms with E-state index < -0.39 is 23.6 Å². The van der Waals surface area contributed by atoms with Gasteiger partial charge >= 0.3 is 11.9 Å². The van der Waals surface area contributed by atoms with E-state index in [1.54, 1.807) is 62.3 Å². The van der Waals surface area contributed by atoms with E-state index >= 15 is 0 Å². The molecule has 0 saturated carbocycles. The molecule has 0 fully saturated rings. The van der Waals surface area contributed by atoms with Crippen molar-refractivity contribution >= 4 is 45.9 Å². The van der Waals surface area contributed by atoms with Gasteiger partial charge < -0.3 is 34.5 Å². The first-order chi connectivity index (χ1) is 21.7. The van der Waals surface area contributed by atoms with Gasteiger partial charge in [0.05, 0.1) is 24.4 Å². The molecule has 0 spiro atoms. The lowest BCUT2D eigenvalue weighted by atomic mass is 10.1. The van der Waals surface area contributed by atoms with Crippen molar-refractivity contribution in [1.29, 1.82) is 0 Å². The van der Waals surface area contributed by atoms with Crippen molar-refractivity contribution in [2.24, 2.45) is 0 Å². The number of hydrogen-bond donors (Lipinski definition) is 2. The Morgan fingerprint density at radius 2 is 1.60 bits per heavy atom. The SMILES string of the molecule is CCOc1cc2ncnc(Nc3ccc(Oc4ccc(F)cc4)cc3)c2cc1NC(=O)/C1=C(/CN(C)C)OC(=O)/C=C\C(=O)O1. The van der Waals surface area contributed by atoms with Crippen molar-refractivity contribution in [2.45, 2.75) is 6.92 Å². The van der Waals surface area contributed by atoms with Crippen molar-refractivity contribution in [3.63, 3.8) is 0 Å². The fourth-order valence-electron chi connectivity index (χ4n) is 4.21. The average Bonchev–Trinajstić information content (AvgIpc) is 3.00. The second kappa shape index (κ2) is 13.7. The molecule has 12 nitrogen and oxygen atoms in total. The van der Waals surface area contributed by atoms with Gasteiger partial charge in [-0.2, -0.15) is 0 Å². The molecule has 0 saturated heterocycles. The monoisotopic (exact) mass is 613 g/mol. The number of anilines is 3. The van der Waals surface area contributed by atoms with Crippen LogP contribution in [0, 0.1) is 5.82 Å². The van der Waals surface area contributed by atoms with E-state index in [9.17, 15) is 18.8 Å². The molecule has 45 heavy (non-hydrogen) atoms. The van der Waals surface area contributed by atoms with Crippen molar-refractivity contribution in [3.8, 4) is 17.2 Å². The molecule has 2 heterocycles. The number of nitrogens with zero attached hydrogens (tertiary/aromatic N) is 3. The Morgan fingerprint density at radius 1 is 0.933 bits per heavy atom. The van der Waals surface area contributed by atoms with Crippen LogP contribution in [0.1, 0.15) is 6.92 Å². The van der Waals surface area contributed by atoms with Crippen LogP contribution in [0.5, 0.6) is 17.2 Å². The Labute approximate surface area is 257 Å². The number of carbonyl (C=O) groups excluding carboxylic acids is 3. The molecule has 4 aromatic rings. The summed E-state index contributed by atoms with van der Waals surface area (Å²) in [5.41, 5.74) is 1.43. The summed E-state index contributed by atoms with van der Waals surface area (Å²) in [6.45, 7) is 2.07. The molecule has 1 aliphatic rings. The zero-order chi connectivity index (χ0) is 31.9. The maximum Gasteiger partial charge on any atom is 0.336 e. The van der Waals surface area contributed by atoms with Crippen molar-refractivity contribution in [1.82, 2.24) is 14.9 Å². The number of nitrogens with one attached hydrogen (secondary N) is 2. The molecule has 13 heteroatoms. The van der Waals surface area contributed by atoms with Crippen LogP contribution in [0.4, 0.5) is 21.6 Å². The highest BCUT2D eigenvalue weighted by atomic mass is 19.1. The summed E-state index contributed by atoms with van der Waals surface area (Å²) in [6, 6.07) is 16.0. The summed E-state index contributed by atoms with van der Waals surface area (Å²) in [5, 5.41) is 6.49. The molecule has 0 atom stereocenters. The van der Waals surface area contributed by atoms with Crippen LogP contribution in [0.2, 0.25) is 0 Å². The minimum Gasteiger partial charge on any atom is -0.492 e. The zero-order valence-corrected chi connectivity index (χ0v) is 24.5. The average molecular weight is 614 g/mol. The maximum absolute atomic E-state index is 13.5. The lowest BCUT2D eigenvalue weighted by Crippen LogP contribution is -2.27. The van der Waals surface area contributed by atoms with E-state index in [4.69, 9.17) is 18.9 Å². The summed E-state index contributed by atoms with van der Waals surface area (Å²) in [6.07, 6.45) is 3.18. The number of hydrogen-bond acceptors (Lipinski definition) is 11. The minimum atomic E-state index is -0.912. The Bertz CT molecular complexity index is 1810. The number of amides is 1. The maximum atomic E-state index is 13.5. The number of carbonyl (C=O) groups is 3. The van der Waals surface area contributed by atoms with Crippen LogP contribution in [0.25, 0.3) is 10.9 Å². The number of aromatic nitrogens is 2. The highest BCUT2D eigenvalue weighted by molar-refractivity contribution is 6.08. The number of benzene rings is 3. The van der Waals surface area contributed by atoms with Gasteiger partial charge in [0.25, 0.3) is 5.91 Å². The molecule has 2 N–H and O–H groups in total. The third-order valence-corrected chi connectivity index (χ3v) is 6.15. The van der Waals surface area contributed by atoms with Crippen LogP contribution in [0.3, 0.4) is 0 Å². The highest BCUT2D eigenvalue weighted by Crippen LogP contribution is 2.34. The van der Waals surface area contributed by atoms with Gasteiger partial charge in [0.1, 0.15) is 35.2 Å². The first kappa shape index (κ1) is 30.6. The van der Waals surface area contributed by atoms with E-state index in [1.165, 1.54) is 30.6 Å². The van der Waals surface area contributed by atoms with Crippen LogP contribution in [-0.2, 0) is 23.9 Å². The number of esters is 2. The largest absolute Gasteiger partial charge is 0.492 e. The van der Waals surface area contributed by atoms with Gasteiger partial charge in [0.15, 0.2) is 5.76 Å². The van der Waals surface area contributed by atoms with Gasteiger partial charge in [-0.1, -0.05) is 0 Å². The lowest BCUT2D eigenvalue weighted by Gasteiger charge is -2.19. The van der Waals surface area contributed by atoms with E-state index in [-0.39, 0.29) is 30.4 Å². The van der Waals surface area contributed by atoms with Gasteiger partial charge in [-0.25, -0.2) is 23.9 Å². The third-order valence-electron chi connectivity index (χ3n) is 6.15. The first-order valence-corrected chi connectivity index (χ1v) is 13.7. The fourth-order valence-corrected chi connectivity index (χ4v) is 4.21. The van der Waals surface area contributed by atoms with Crippen LogP contribution in [0.15, 0.2) is 90.7 Å². The smallest absolute Gasteiger partial charge is 0.336 e. The van der Waals surface area contributed by atoms with Crippen molar-refractivity contribution < 1.29 is 37.7 Å². The van der Waals surface area contributed by atoms with Gasteiger partial charge in [-0.05, 0) is 75.6 Å². The standard InChI is InChI=1S/C32H28FN5O7/c1-4-42-26-16-24-23(15-25(26)37-32(41)30-27(17-38(2)3)44-28(39)13-14-29(40)45-30)31(35-18-34-24)36-20-7-11-22(12-8-20)43-21-9-5-19(33)6-10-21/h5-16,18H,4,17H2,1-3H3,(H,37,41)(H,34,35,36)/b14-13-,30-27+. The van der Waals surface area contributed by atoms with E-state index in [1.807, 2.05) is 0 Å². The number of fused-ring (bicyclic) bond motifs is 1. The van der Waals surface area contributed by atoms with Crippen LogP contribution in [-0.4, -0.2) is 60.0 Å². The number of rotatable bonds is 10. The van der Waals surface area contributed by atoms with Crippen LogP contribution < -0.4 is 20.1 Å². The fraction of sp³-hybridized carbons (Fsp3) is 0.156. The Balaban J connectivity index is 1.44. The second-order valence-electron chi connectivity index (χ2n) is 9.85. The number of likely N-dealkylation sites (N-methyl/N-ethyl adjacent to an activating group) is 1. The molecular weight excluding hydrogens is 585 g/mol. The summed E-state index contributed by atoms with van der Waals surface area (Å²) < 4.78 is 35.3. The highest BCUT2D eigenvalue weighted by Gasteiger charge is 2.27. The van der Waals surface area contributed by atoms with E-state index in [2.05, 4.69) is 20.6 Å². The molecule has 0 aliphatic carbocycles. The molecular formula is C32H28FN5O7. The zero-order valence-electron chi connectivity index (χ0n) is 24.5. The molecule has 3 aromatic carbocycles. The van der Waals surface area contributed by atoms with Gasteiger partial charge in [0, 0.05) is 29.3 Å². The first-order valence-electron chi connectivity index (χ1n) is 13.7. The van der Waals surface area contributed by atoms with Gasteiger partial charge in [0.2, 0.25) is 5.76 Å². The number of halogens is 1. The van der Waals surface area contributed by atoms with Gasteiger partial charge in [-0.3, -0.25) is 4.79 Å². The summed E-state index contributed by atoms with van der Waals surface area (Å²) in [5.74, 6) is -1.78. The van der Waals surface area contributed by atoms with E-state index in [0.29, 0.717) is 39.7 Å². The molecule has 0 bridgehead atoms. The predicted molar refractivity (Wildman–Crippen MR) is 162 cm³/mol.